The molecule has 0 atom stereocenters. The SMILES string of the molecule is CC(C)(C)c1cc(C(C)(C)c2ccc(C(C)(C)c3ccc(O)c(C(c4ccccc4)(c4ccccc4)C(C)(C)C)c3)cc2)ccc1O. The van der Waals surface area contributed by atoms with Crippen LogP contribution in [0.2, 0.25) is 0 Å². The molecule has 0 saturated heterocycles. The van der Waals surface area contributed by atoms with E-state index >= 15 is 0 Å². The van der Waals surface area contributed by atoms with E-state index < -0.39 is 5.41 Å². The van der Waals surface area contributed by atoms with Crippen LogP contribution in [0.3, 0.4) is 0 Å². The van der Waals surface area contributed by atoms with Crippen LogP contribution >= 0.6 is 0 Å². The molecule has 0 bridgehead atoms. The Morgan fingerprint density at radius 1 is 0.362 bits per heavy atom. The zero-order chi connectivity index (χ0) is 34.4. The van der Waals surface area contributed by atoms with E-state index in [2.05, 4.69) is 172 Å². The van der Waals surface area contributed by atoms with Crippen LogP contribution in [0.1, 0.15) is 114 Å². The van der Waals surface area contributed by atoms with Crippen LogP contribution in [0.15, 0.2) is 121 Å². The summed E-state index contributed by atoms with van der Waals surface area (Å²) in [6, 6.07) is 42.5. The van der Waals surface area contributed by atoms with Gasteiger partial charge in [0.1, 0.15) is 11.5 Å². The third kappa shape index (κ3) is 6.00. The summed E-state index contributed by atoms with van der Waals surface area (Å²) in [5.74, 6) is 0.644. The minimum absolute atomic E-state index is 0.154. The van der Waals surface area contributed by atoms with Gasteiger partial charge in [0.25, 0.3) is 0 Å². The summed E-state index contributed by atoms with van der Waals surface area (Å²) < 4.78 is 0. The van der Waals surface area contributed by atoms with Gasteiger partial charge in [0.05, 0.1) is 5.41 Å². The molecule has 0 aliphatic heterocycles. The summed E-state index contributed by atoms with van der Waals surface area (Å²) in [6.07, 6.45) is 0. The molecular weight excluding hydrogens is 572 g/mol. The summed E-state index contributed by atoms with van der Waals surface area (Å²) in [6.45, 7) is 22.2. The van der Waals surface area contributed by atoms with Crippen molar-refractivity contribution in [2.24, 2.45) is 5.41 Å². The van der Waals surface area contributed by atoms with Crippen LogP contribution in [0.5, 0.6) is 11.5 Å². The first kappa shape index (κ1) is 34.0. The number of phenols is 2. The summed E-state index contributed by atoms with van der Waals surface area (Å²) in [5.41, 5.74) is 7.30. The number of rotatable bonds is 7. The average molecular weight is 625 g/mol. The monoisotopic (exact) mass is 624 g/mol. The van der Waals surface area contributed by atoms with Gasteiger partial charge in [0, 0.05) is 16.4 Å². The fraction of sp³-hybridized carbons (Fsp3) is 0.333. The van der Waals surface area contributed by atoms with Crippen LogP contribution in [0, 0.1) is 5.41 Å². The van der Waals surface area contributed by atoms with Gasteiger partial charge < -0.3 is 10.2 Å². The van der Waals surface area contributed by atoms with E-state index in [-0.39, 0.29) is 21.7 Å². The molecule has 2 heteroatoms. The first-order valence-corrected chi connectivity index (χ1v) is 16.8. The molecule has 5 aromatic carbocycles. The van der Waals surface area contributed by atoms with Crippen LogP contribution < -0.4 is 0 Å². The van der Waals surface area contributed by atoms with Crippen LogP contribution in [-0.4, -0.2) is 10.2 Å². The Morgan fingerprint density at radius 2 is 0.702 bits per heavy atom. The predicted molar refractivity (Wildman–Crippen MR) is 198 cm³/mol. The molecule has 0 aliphatic rings. The lowest BCUT2D eigenvalue weighted by Gasteiger charge is -2.47. The highest BCUT2D eigenvalue weighted by Gasteiger charge is 2.48. The molecule has 5 rings (SSSR count). The molecule has 5 aromatic rings. The van der Waals surface area contributed by atoms with E-state index in [4.69, 9.17) is 0 Å². The van der Waals surface area contributed by atoms with Gasteiger partial charge in [0.2, 0.25) is 0 Å². The van der Waals surface area contributed by atoms with Gasteiger partial charge >= 0.3 is 0 Å². The highest BCUT2D eigenvalue weighted by molar-refractivity contribution is 5.59. The fourth-order valence-electron chi connectivity index (χ4n) is 7.51. The van der Waals surface area contributed by atoms with Gasteiger partial charge in [-0.3, -0.25) is 0 Å². The molecule has 2 N–H and O–H groups in total. The first-order valence-electron chi connectivity index (χ1n) is 16.8. The normalized spacial score (nSPS) is 13.1. The minimum atomic E-state index is -0.602. The summed E-state index contributed by atoms with van der Waals surface area (Å²) >= 11 is 0. The number of hydrogen-bond acceptors (Lipinski definition) is 2. The van der Waals surface area contributed by atoms with Gasteiger partial charge in [-0.1, -0.05) is 172 Å². The lowest BCUT2D eigenvalue weighted by molar-refractivity contribution is 0.264. The molecule has 0 aromatic heterocycles. The zero-order valence-corrected chi connectivity index (χ0v) is 29.9. The molecule has 0 spiro atoms. The van der Waals surface area contributed by atoms with Gasteiger partial charge in [0.15, 0.2) is 0 Å². The van der Waals surface area contributed by atoms with Crippen LogP contribution in [0.25, 0.3) is 0 Å². The Morgan fingerprint density at radius 3 is 1.06 bits per heavy atom. The second-order valence-electron chi connectivity index (χ2n) is 16.3. The first-order chi connectivity index (χ1) is 21.9. The predicted octanol–water partition coefficient (Wildman–Crippen LogP) is 11.4. The minimum Gasteiger partial charge on any atom is -0.508 e. The third-order valence-electron chi connectivity index (χ3n) is 10.5. The van der Waals surface area contributed by atoms with E-state index in [1.807, 2.05) is 18.2 Å². The van der Waals surface area contributed by atoms with Crippen LogP contribution in [-0.2, 0) is 21.7 Å². The second-order valence-corrected chi connectivity index (χ2v) is 16.3. The van der Waals surface area contributed by atoms with Gasteiger partial charge in [-0.15, -0.1) is 0 Å². The summed E-state index contributed by atoms with van der Waals surface area (Å²) in [5, 5.41) is 22.3. The highest BCUT2D eigenvalue weighted by Crippen LogP contribution is 2.55. The summed E-state index contributed by atoms with van der Waals surface area (Å²) in [4.78, 5) is 0. The molecule has 0 radical (unpaired) electrons. The number of phenolic OH excluding ortho intramolecular Hbond substituents is 2. The second kappa shape index (κ2) is 12.1. The maximum absolute atomic E-state index is 11.7. The highest BCUT2D eigenvalue weighted by atomic mass is 16.3. The van der Waals surface area contributed by atoms with Crippen molar-refractivity contribution in [1.29, 1.82) is 0 Å². The van der Waals surface area contributed by atoms with Gasteiger partial charge in [-0.25, -0.2) is 0 Å². The fourth-order valence-corrected chi connectivity index (χ4v) is 7.51. The lowest BCUT2D eigenvalue weighted by atomic mass is 9.55. The molecule has 0 unspecified atom stereocenters. The Kier molecular flexibility index (Phi) is 8.73. The molecule has 2 nitrogen and oxygen atoms in total. The number of hydrogen-bond donors (Lipinski definition) is 2. The molecule has 0 fully saturated rings. The molecule has 0 heterocycles. The van der Waals surface area contributed by atoms with Crippen molar-refractivity contribution in [2.45, 2.75) is 90.9 Å². The van der Waals surface area contributed by atoms with E-state index in [0.29, 0.717) is 11.5 Å². The Labute approximate surface area is 283 Å². The molecular formula is C45H52O2. The van der Waals surface area contributed by atoms with Crippen molar-refractivity contribution in [2.75, 3.05) is 0 Å². The quantitative estimate of drug-likeness (QED) is 0.177. The smallest absolute Gasteiger partial charge is 0.120 e. The standard InChI is InChI=1S/C45H52O2/c1-41(2,3)37-29-35(25-27-39(37)46)43(7,8)31-21-23-32(24-22-31)44(9,10)36-26-28-40(47)38(30-36)45(42(4,5)6,33-17-13-11-14-18-33)34-19-15-12-16-20-34/h11-30,46-47H,1-10H3. The molecule has 244 valence electrons. The van der Waals surface area contributed by atoms with Crippen molar-refractivity contribution in [3.8, 4) is 11.5 Å². The van der Waals surface area contributed by atoms with E-state index in [0.717, 1.165) is 27.8 Å². The lowest BCUT2D eigenvalue weighted by Crippen LogP contribution is -2.42. The van der Waals surface area contributed by atoms with Gasteiger partial charge in [-0.05, 0) is 68.0 Å². The van der Waals surface area contributed by atoms with E-state index in [1.54, 1.807) is 0 Å². The number of aromatic hydroxyl groups is 2. The van der Waals surface area contributed by atoms with E-state index in [9.17, 15) is 10.2 Å². The van der Waals surface area contributed by atoms with Crippen molar-refractivity contribution in [3.05, 3.63) is 166 Å². The Bertz CT molecular complexity index is 1790. The average Bonchev–Trinajstić information content (AvgIpc) is 3.02. The van der Waals surface area contributed by atoms with Crippen molar-refractivity contribution in [1.82, 2.24) is 0 Å². The summed E-state index contributed by atoms with van der Waals surface area (Å²) in [7, 11) is 0. The van der Waals surface area contributed by atoms with Crippen molar-refractivity contribution < 1.29 is 10.2 Å². The zero-order valence-electron chi connectivity index (χ0n) is 29.9. The molecule has 0 saturated carbocycles. The Hall–Kier alpha value is -4.30. The maximum atomic E-state index is 11.7. The number of benzene rings is 5. The van der Waals surface area contributed by atoms with Crippen molar-refractivity contribution in [3.63, 3.8) is 0 Å². The third-order valence-corrected chi connectivity index (χ3v) is 10.5. The van der Waals surface area contributed by atoms with Crippen molar-refractivity contribution >= 4 is 0 Å². The molecule has 47 heavy (non-hydrogen) atoms. The topological polar surface area (TPSA) is 40.5 Å². The molecule has 0 aliphatic carbocycles. The Balaban J connectivity index is 1.61. The molecule has 0 amide bonds. The maximum Gasteiger partial charge on any atom is 0.120 e. The largest absolute Gasteiger partial charge is 0.508 e. The van der Waals surface area contributed by atoms with E-state index in [1.165, 1.54) is 16.7 Å². The van der Waals surface area contributed by atoms with Crippen LogP contribution in [0.4, 0.5) is 0 Å². The van der Waals surface area contributed by atoms with Gasteiger partial charge in [-0.2, -0.15) is 0 Å².